The second-order valence-electron chi connectivity index (χ2n) is 6.23. The Hall–Kier alpha value is -3.29. The second kappa shape index (κ2) is 7.75. The quantitative estimate of drug-likeness (QED) is 0.690. The minimum absolute atomic E-state index is 0.0335. The smallest absolute Gasteiger partial charge is 0.416 e. The van der Waals surface area contributed by atoms with Gasteiger partial charge in [-0.1, -0.05) is 18.2 Å². The minimum Gasteiger partial charge on any atom is -0.459 e. The van der Waals surface area contributed by atoms with Crippen LogP contribution in [0.3, 0.4) is 0 Å². The highest BCUT2D eigenvalue weighted by Crippen LogP contribution is 2.29. The van der Waals surface area contributed by atoms with Gasteiger partial charge in [-0.2, -0.15) is 13.2 Å². The zero-order chi connectivity index (χ0) is 20.3. The number of carbonyl (C=O) groups is 2. The third-order valence-corrected chi connectivity index (χ3v) is 4.13. The molecule has 0 saturated heterocycles. The molecule has 2 N–H and O–H groups in total. The maximum absolute atomic E-state index is 12.5. The topological polar surface area (TPSA) is 71.3 Å². The Kier molecular flexibility index (Phi) is 5.39. The second-order valence-corrected chi connectivity index (χ2v) is 6.23. The average molecular weight is 390 g/mol. The van der Waals surface area contributed by atoms with E-state index in [9.17, 15) is 22.8 Å². The molecular formula is C20H17F3N2O3. The van der Waals surface area contributed by atoms with Gasteiger partial charge < -0.3 is 15.1 Å². The zero-order valence-electron chi connectivity index (χ0n) is 14.8. The summed E-state index contributed by atoms with van der Waals surface area (Å²) in [6.07, 6.45) is -4.47. The fraction of sp³-hybridized carbons (Fsp3) is 0.200. The Labute approximate surface area is 158 Å². The first kappa shape index (κ1) is 19.5. The van der Waals surface area contributed by atoms with Gasteiger partial charge in [-0.15, -0.1) is 0 Å². The predicted molar refractivity (Wildman–Crippen MR) is 96.5 cm³/mol. The number of para-hydroxylation sites is 1. The largest absolute Gasteiger partial charge is 0.459 e. The summed E-state index contributed by atoms with van der Waals surface area (Å²) in [7, 11) is 0. The fourth-order valence-corrected chi connectivity index (χ4v) is 2.65. The van der Waals surface area contributed by atoms with Crippen molar-refractivity contribution < 1.29 is 27.2 Å². The van der Waals surface area contributed by atoms with Crippen LogP contribution in [0, 0.1) is 0 Å². The highest BCUT2D eigenvalue weighted by atomic mass is 19.4. The monoisotopic (exact) mass is 390 g/mol. The third kappa shape index (κ3) is 4.51. The van der Waals surface area contributed by atoms with Crippen LogP contribution in [0.2, 0.25) is 0 Å². The van der Waals surface area contributed by atoms with Gasteiger partial charge in [0, 0.05) is 10.9 Å². The molecular weight excluding hydrogens is 373 g/mol. The Bertz CT molecular complexity index is 961. The lowest BCUT2D eigenvalue weighted by Crippen LogP contribution is -2.37. The molecule has 28 heavy (non-hydrogen) atoms. The van der Waals surface area contributed by atoms with Gasteiger partial charge >= 0.3 is 6.18 Å². The van der Waals surface area contributed by atoms with Crippen molar-refractivity contribution in [3.05, 3.63) is 71.5 Å². The van der Waals surface area contributed by atoms with E-state index in [0.29, 0.717) is 11.3 Å². The van der Waals surface area contributed by atoms with E-state index in [1.54, 1.807) is 6.92 Å². The van der Waals surface area contributed by atoms with E-state index in [4.69, 9.17) is 4.42 Å². The number of carbonyl (C=O) groups excluding carboxylic acids is 2. The van der Waals surface area contributed by atoms with Crippen LogP contribution in [0.25, 0.3) is 11.0 Å². The molecule has 0 spiro atoms. The zero-order valence-corrected chi connectivity index (χ0v) is 14.8. The number of alkyl halides is 3. The van der Waals surface area contributed by atoms with Gasteiger partial charge in [-0.05, 0) is 43.3 Å². The number of amides is 2. The normalized spacial score (nSPS) is 12.6. The van der Waals surface area contributed by atoms with Crippen molar-refractivity contribution in [1.29, 1.82) is 0 Å². The molecule has 0 aliphatic carbocycles. The van der Waals surface area contributed by atoms with E-state index in [1.165, 1.54) is 0 Å². The Balaban J connectivity index is 1.54. The van der Waals surface area contributed by atoms with Crippen molar-refractivity contribution >= 4 is 22.8 Å². The van der Waals surface area contributed by atoms with Crippen LogP contribution in [-0.2, 0) is 11.0 Å². The van der Waals surface area contributed by atoms with Gasteiger partial charge in [0.25, 0.3) is 5.91 Å². The highest BCUT2D eigenvalue weighted by Gasteiger charge is 2.30. The summed E-state index contributed by atoms with van der Waals surface area (Å²) in [6.45, 7) is 1.43. The number of fused-ring (bicyclic) bond motifs is 1. The summed E-state index contributed by atoms with van der Waals surface area (Å²) in [6, 6.07) is 12.6. The number of hydrogen-bond donors (Lipinski definition) is 2. The van der Waals surface area contributed by atoms with E-state index in [1.807, 2.05) is 30.3 Å². The fourth-order valence-electron chi connectivity index (χ4n) is 2.65. The number of nitrogens with one attached hydrogen (secondary N) is 2. The molecule has 3 rings (SSSR count). The van der Waals surface area contributed by atoms with Crippen LogP contribution in [0.5, 0.6) is 0 Å². The molecule has 0 unspecified atom stereocenters. The maximum Gasteiger partial charge on any atom is 0.416 e. The Morgan fingerprint density at radius 1 is 1.07 bits per heavy atom. The summed E-state index contributed by atoms with van der Waals surface area (Å²) in [5.74, 6) is -0.517. The van der Waals surface area contributed by atoms with Gasteiger partial charge in [0.15, 0.2) is 0 Å². The number of hydrogen-bond acceptors (Lipinski definition) is 3. The summed E-state index contributed by atoms with van der Waals surface area (Å²) in [5.41, 5.74) is -0.109. The van der Waals surface area contributed by atoms with E-state index >= 15 is 0 Å². The number of furan rings is 1. The molecule has 1 aromatic heterocycles. The van der Waals surface area contributed by atoms with Crippen LogP contribution >= 0.6 is 0 Å². The molecule has 0 saturated carbocycles. The van der Waals surface area contributed by atoms with Crippen molar-refractivity contribution in [1.82, 2.24) is 10.6 Å². The lowest BCUT2D eigenvalue weighted by atomic mass is 10.1. The minimum atomic E-state index is -4.47. The van der Waals surface area contributed by atoms with Gasteiger partial charge in [0.2, 0.25) is 5.91 Å². The molecule has 0 aliphatic rings. The maximum atomic E-state index is 12.5. The molecule has 1 atom stereocenters. The first-order valence-electron chi connectivity index (χ1n) is 8.47. The molecule has 2 amide bonds. The molecule has 0 fully saturated rings. The van der Waals surface area contributed by atoms with Crippen molar-refractivity contribution in [2.75, 3.05) is 6.54 Å². The lowest BCUT2D eigenvalue weighted by Gasteiger charge is -2.12. The van der Waals surface area contributed by atoms with Crippen LogP contribution in [-0.4, -0.2) is 18.4 Å². The van der Waals surface area contributed by atoms with Gasteiger partial charge in [-0.3, -0.25) is 9.59 Å². The summed E-state index contributed by atoms with van der Waals surface area (Å²) < 4.78 is 43.3. The predicted octanol–water partition coefficient (Wildman–Crippen LogP) is 4.06. The van der Waals surface area contributed by atoms with Crippen molar-refractivity contribution in [2.45, 2.75) is 19.1 Å². The summed E-state index contributed by atoms with van der Waals surface area (Å²) in [5, 5.41) is 5.99. The van der Waals surface area contributed by atoms with E-state index in [0.717, 1.165) is 29.7 Å². The van der Waals surface area contributed by atoms with E-state index < -0.39 is 29.6 Å². The van der Waals surface area contributed by atoms with Crippen molar-refractivity contribution in [3.63, 3.8) is 0 Å². The molecule has 3 aromatic rings. The molecule has 2 aromatic carbocycles. The van der Waals surface area contributed by atoms with Crippen LogP contribution in [0.1, 0.15) is 34.6 Å². The summed E-state index contributed by atoms with van der Waals surface area (Å²) in [4.78, 5) is 24.0. The lowest BCUT2D eigenvalue weighted by molar-refractivity contribution is -0.137. The Morgan fingerprint density at radius 2 is 1.75 bits per heavy atom. The SMILES string of the molecule is C[C@H](NC(=O)CNC(=O)c1ccc(C(F)(F)F)cc1)c1cc2ccccc2o1. The standard InChI is InChI=1S/C20H17F3N2O3/c1-12(17-10-14-4-2-3-5-16(14)28-17)25-18(26)11-24-19(27)13-6-8-15(9-7-13)20(21,22)23/h2-10,12H,11H2,1H3,(H,24,27)(H,25,26)/t12-/m0/s1. The molecule has 0 bridgehead atoms. The molecule has 146 valence electrons. The van der Waals surface area contributed by atoms with Gasteiger partial charge in [0.1, 0.15) is 11.3 Å². The first-order chi connectivity index (χ1) is 13.2. The summed E-state index contributed by atoms with van der Waals surface area (Å²) >= 11 is 0. The number of benzene rings is 2. The molecule has 5 nitrogen and oxygen atoms in total. The molecule has 0 aliphatic heterocycles. The van der Waals surface area contributed by atoms with Gasteiger partial charge in [-0.25, -0.2) is 0 Å². The van der Waals surface area contributed by atoms with Crippen molar-refractivity contribution in [3.8, 4) is 0 Å². The van der Waals surface area contributed by atoms with Crippen LogP contribution < -0.4 is 10.6 Å². The average Bonchev–Trinajstić information content (AvgIpc) is 3.10. The number of rotatable bonds is 5. The van der Waals surface area contributed by atoms with Gasteiger partial charge in [0.05, 0.1) is 18.2 Å². The molecule has 0 radical (unpaired) electrons. The van der Waals surface area contributed by atoms with Crippen LogP contribution in [0.15, 0.2) is 59.0 Å². The third-order valence-electron chi connectivity index (χ3n) is 4.13. The Morgan fingerprint density at radius 3 is 2.39 bits per heavy atom. The molecule has 8 heteroatoms. The van der Waals surface area contributed by atoms with E-state index in [2.05, 4.69) is 10.6 Å². The highest BCUT2D eigenvalue weighted by molar-refractivity contribution is 5.96. The first-order valence-corrected chi connectivity index (χ1v) is 8.47. The van der Waals surface area contributed by atoms with Crippen molar-refractivity contribution in [2.24, 2.45) is 0 Å². The molecule has 1 heterocycles. The number of halogens is 3. The van der Waals surface area contributed by atoms with Crippen LogP contribution in [0.4, 0.5) is 13.2 Å². The van der Waals surface area contributed by atoms with E-state index in [-0.39, 0.29) is 12.1 Å².